The van der Waals surface area contributed by atoms with Gasteiger partial charge in [-0.05, 0) is 91.9 Å². The van der Waals surface area contributed by atoms with Gasteiger partial charge in [-0.1, -0.05) is 0 Å². The van der Waals surface area contributed by atoms with Crippen LogP contribution in [0, 0.1) is 5.92 Å². The summed E-state index contributed by atoms with van der Waals surface area (Å²) in [4.78, 5) is 14.3. The molecule has 0 bridgehead atoms. The second-order valence-corrected chi connectivity index (χ2v) is 9.47. The highest BCUT2D eigenvalue weighted by Gasteiger charge is 2.36. The van der Waals surface area contributed by atoms with E-state index in [9.17, 15) is 4.79 Å². The summed E-state index contributed by atoms with van der Waals surface area (Å²) >= 11 is 0. The van der Waals surface area contributed by atoms with Crippen LogP contribution in [0.1, 0.15) is 86.0 Å². The number of amides is 1. The van der Waals surface area contributed by atoms with E-state index in [1.807, 2.05) is 25.7 Å². The number of hydrogen-bond donors (Lipinski definition) is 1. The van der Waals surface area contributed by atoms with E-state index in [1.165, 1.54) is 32.1 Å². The Kier molecular flexibility index (Phi) is 7.77. The van der Waals surface area contributed by atoms with Crippen molar-refractivity contribution in [3.63, 3.8) is 0 Å². The van der Waals surface area contributed by atoms with E-state index in [2.05, 4.69) is 13.8 Å². The van der Waals surface area contributed by atoms with Crippen molar-refractivity contribution in [2.75, 3.05) is 6.61 Å². The lowest BCUT2D eigenvalue weighted by molar-refractivity contribution is -0.0466. The van der Waals surface area contributed by atoms with Gasteiger partial charge < -0.3 is 20.1 Å². The van der Waals surface area contributed by atoms with Gasteiger partial charge in [0.1, 0.15) is 5.60 Å². The zero-order valence-corrected chi connectivity index (χ0v) is 17.5. The Morgan fingerprint density at radius 2 is 1.65 bits per heavy atom. The number of nitrogens with zero attached hydrogens (tertiary/aromatic N) is 1. The van der Waals surface area contributed by atoms with Gasteiger partial charge in [0, 0.05) is 24.7 Å². The molecule has 0 spiro atoms. The van der Waals surface area contributed by atoms with E-state index in [0.717, 1.165) is 31.8 Å². The molecule has 3 atom stereocenters. The molecule has 2 N–H and O–H groups in total. The third-order valence-electron chi connectivity index (χ3n) is 5.76. The van der Waals surface area contributed by atoms with Crippen molar-refractivity contribution < 1.29 is 14.3 Å². The van der Waals surface area contributed by atoms with Gasteiger partial charge in [-0.25, -0.2) is 4.79 Å². The highest BCUT2D eigenvalue weighted by atomic mass is 16.6. The summed E-state index contributed by atoms with van der Waals surface area (Å²) in [5.74, 6) is 0.838. The average molecular weight is 369 g/mol. The molecular formula is C21H40N2O3. The van der Waals surface area contributed by atoms with Gasteiger partial charge >= 0.3 is 6.09 Å². The molecular weight excluding hydrogens is 328 g/mol. The summed E-state index contributed by atoms with van der Waals surface area (Å²) in [6.45, 7) is 10.8. The third-order valence-corrected chi connectivity index (χ3v) is 5.76. The first-order valence-corrected chi connectivity index (χ1v) is 10.5. The van der Waals surface area contributed by atoms with Crippen molar-refractivity contribution in [3.05, 3.63) is 0 Å². The fourth-order valence-corrected chi connectivity index (χ4v) is 4.43. The molecule has 1 unspecified atom stereocenters. The predicted octanol–water partition coefficient (Wildman–Crippen LogP) is 4.48. The average Bonchev–Trinajstić information content (AvgIpc) is 2.51. The summed E-state index contributed by atoms with van der Waals surface area (Å²) in [7, 11) is 0. The number of carbonyl (C=O) groups excluding carboxylic acids is 1. The van der Waals surface area contributed by atoms with Crippen LogP contribution in [-0.2, 0) is 9.47 Å². The molecule has 2 aliphatic rings. The minimum Gasteiger partial charge on any atom is -0.444 e. The molecule has 5 heteroatoms. The van der Waals surface area contributed by atoms with Crippen molar-refractivity contribution in [1.82, 2.24) is 4.90 Å². The highest BCUT2D eigenvalue weighted by molar-refractivity contribution is 5.69. The van der Waals surface area contributed by atoms with Gasteiger partial charge in [-0.3, -0.25) is 0 Å². The Hall–Kier alpha value is -0.810. The largest absolute Gasteiger partial charge is 0.444 e. The molecule has 0 aromatic carbocycles. The molecule has 0 aromatic heterocycles. The van der Waals surface area contributed by atoms with E-state index in [4.69, 9.17) is 15.2 Å². The van der Waals surface area contributed by atoms with Crippen LogP contribution in [0.15, 0.2) is 0 Å². The lowest BCUT2D eigenvalue weighted by Crippen LogP contribution is -2.53. The molecule has 26 heavy (non-hydrogen) atoms. The van der Waals surface area contributed by atoms with Crippen molar-refractivity contribution in [2.24, 2.45) is 11.7 Å². The maximum Gasteiger partial charge on any atom is 0.410 e. The van der Waals surface area contributed by atoms with E-state index < -0.39 is 5.60 Å². The fraction of sp³-hybridized carbons (Fsp3) is 0.952. The Labute approximate surface area is 160 Å². The highest BCUT2D eigenvalue weighted by Crippen LogP contribution is 2.29. The van der Waals surface area contributed by atoms with Crippen LogP contribution < -0.4 is 5.73 Å². The number of likely N-dealkylation sites (tertiary alicyclic amines) is 1. The minimum atomic E-state index is -0.451. The van der Waals surface area contributed by atoms with E-state index in [-0.39, 0.29) is 24.3 Å². The number of nitrogens with two attached hydrogens (primary N) is 1. The summed E-state index contributed by atoms with van der Waals surface area (Å²) in [6, 6.07) is 0.734. The van der Waals surface area contributed by atoms with Gasteiger partial charge in [-0.2, -0.15) is 0 Å². The Bertz CT molecular complexity index is 429. The van der Waals surface area contributed by atoms with Gasteiger partial charge in [0.15, 0.2) is 0 Å². The first-order valence-electron chi connectivity index (χ1n) is 10.5. The molecule has 0 radical (unpaired) electrons. The Morgan fingerprint density at radius 1 is 1.08 bits per heavy atom. The maximum absolute atomic E-state index is 12.5. The van der Waals surface area contributed by atoms with E-state index >= 15 is 0 Å². The predicted molar refractivity (Wildman–Crippen MR) is 105 cm³/mol. The van der Waals surface area contributed by atoms with Crippen LogP contribution in [-0.4, -0.2) is 47.4 Å². The van der Waals surface area contributed by atoms with Crippen LogP contribution >= 0.6 is 0 Å². The van der Waals surface area contributed by atoms with Crippen LogP contribution in [0.2, 0.25) is 0 Å². The topological polar surface area (TPSA) is 64.8 Å². The van der Waals surface area contributed by atoms with Crippen molar-refractivity contribution >= 4 is 6.09 Å². The molecule has 1 aliphatic heterocycles. The van der Waals surface area contributed by atoms with Crippen LogP contribution in [0.5, 0.6) is 0 Å². The second-order valence-electron chi connectivity index (χ2n) is 9.47. The van der Waals surface area contributed by atoms with Gasteiger partial charge in [-0.15, -0.1) is 0 Å². The minimum absolute atomic E-state index is 0.151. The second kappa shape index (κ2) is 9.41. The first-order chi connectivity index (χ1) is 12.2. The molecule has 1 heterocycles. The molecule has 2 fully saturated rings. The zero-order valence-electron chi connectivity index (χ0n) is 17.5. The van der Waals surface area contributed by atoms with Crippen LogP contribution in [0.25, 0.3) is 0 Å². The maximum atomic E-state index is 12.5. The van der Waals surface area contributed by atoms with Crippen LogP contribution in [0.3, 0.4) is 0 Å². The summed E-state index contributed by atoms with van der Waals surface area (Å²) < 4.78 is 11.7. The SMILES string of the molecule is C[C@@H]1CC(OCCC[C@H]2CC[C@H](N)CC2)C[C@H](C)N1C(=O)OC(C)(C)C. The quantitative estimate of drug-likeness (QED) is 0.727. The lowest BCUT2D eigenvalue weighted by atomic mass is 9.84. The Morgan fingerprint density at radius 3 is 2.19 bits per heavy atom. The van der Waals surface area contributed by atoms with Crippen molar-refractivity contribution in [1.29, 1.82) is 0 Å². The van der Waals surface area contributed by atoms with Gasteiger partial charge in [0.05, 0.1) is 6.10 Å². The Balaban J connectivity index is 1.69. The molecule has 152 valence electrons. The monoisotopic (exact) mass is 368 g/mol. The van der Waals surface area contributed by atoms with Crippen molar-refractivity contribution in [3.8, 4) is 0 Å². The summed E-state index contributed by atoms with van der Waals surface area (Å²) in [5, 5.41) is 0. The zero-order chi connectivity index (χ0) is 19.3. The smallest absolute Gasteiger partial charge is 0.410 e. The summed E-state index contributed by atoms with van der Waals surface area (Å²) in [6.07, 6.45) is 9.15. The molecule has 1 saturated heterocycles. The van der Waals surface area contributed by atoms with Gasteiger partial charge in [0.2, 0.25) is 0 Å². The fourth-order valence-electron chi connectivity index (χ4n) is 4.43. The molecule has 1 aliphatic carbocycles. The number of hydrogen-bond acceptors (Lipinski definition) is 4. The van der Waals surface area contributed by atoms with E-state index in [0.29, 0.717) is 6.04 Å². The molecule has 2 rings (SSSR count). The molecule has 1 amide bonds. The lowest BCUT2D eigenvalue weighted by Gasteiger charge is -2.42. The molecule has 1 saturated carbocycles. The van der Waals surface area contributed by atoms with Gasteiger partial charge in [0.25, 0.3) is 0 Å². The standard InChI is InChI=1S/C21H40N2O3/c1-15-13-19(14-16(2)23(15)20(24)26-21(3,4)5)25-12-6-7-17-8-10-18(22)11-9-17/h15-19H,6-14,22H2,1-5H3/t15-,16+,17-,18-,19?. The van der Waals surface area contributed by atoms with Crippen LogP contribution in [0.4, 0.5) is 4.79 Å². The number of piperidine rings is 1. The molecule has 5 nitrogen and oxygen atoms in total. The van der Waals surface area contributed by atoms with E-state index in [1.54, 1.807) is 0 Å². The third kappa shape index (κ3) is 6.73. The summed E-state index contributed by atoms with van der Waals surface area (Å²) in [5.41, 5.74) is 5.53. The number of carbonyl (C=O) groups is 1. The number of rotatable bonds is 5. The normalized spacial score (nSPS) is 33.2. The molecule has 0 aromatic rings. The first kappa shape index (κ1) is 21.5. The number of ether oxygens (including phenoxy) is 2. The van der Waals surface area contributed by atoms with Crippen molar-refractivity contribution in [2.45, 2.75) is 116 Å².